The number of carbonyl (C=O) groups is 3. The fraction of sp³-hybridized carbons (Fsp3) is 0.880. The Bertz CT molecular complexity index is 744. The first-order valence-corrected chi connectivity index (χ1v) is 12.4. The molecule has 204 valence electrons. The van der Waals surface area contributed by atoms with Crippen molar-refractivity contribution in [3.63, 3.8) is 0 Å². The molecule has 0 aromatic rings. The molecule has 0 aromatic carbocycles. The number of hydrogen-bond acceptors (Lipinski definition) is 6. The van der Waals surface area contributed by atoms with E-state index in [9.17, 15) is 37.8 Å². The normalized spacial score (nSPS) is 21.8. The van der Waals surface area contributed by atoms with Gasteiger partial charge < -0.3 is 19.7 Å². The Morgan fingerprint density at radius 2 is 1.57 bits per heavy atom. The molecular formula is C25H41F3O7. The second-order valence-corrected chi connectivity index (χ2v) is 10.6. The third kappa shape index (κ3) is 8.36. The van der Waals surface area contributed by atoms with Crippen molar-refractivity contribution in [2.45, 2.75) is 123 Å². The first kappa shape index (κ1) is 31.2. The Kier molecular flexibility index (Phi) is 10.6. The zero-order valence-corrected chi connectivity index (χ0v) is 21.7. The van der Waals surface area contributed by atoms with Crippen LogP contribution in [-0.4, -0.2) is 51.6 Å². The van der Waals surface area contributed by atoms with Gasteiger partial charge in [-0.2, -0.15) is 13.2 Å². The van der Waals surface area contributed by atoms with Crippen LogP contribution >= 0.6 is 0 Å². The number of carboxylic acids is 1. The Morgan fingerprint density at radius 1 is 1.03 bits per heavy atom. The summed E-state index contributed by atoms with van der Waals surface area (Å²) in [6, 6.07) is 0. The molecule has 5 unspecified atom stereocenters. The molecule has 10 heteroatoms. The van der Waals surface area contributed by atoms with Crippen LogP contribution in [0, 0.1) is 17.3 Å². The quantitative estimate of drug-likeness (QED) is 0.318. The molecule has 1 saturated carbocycles. The maximum absolute atomic E-state index is 13.2. The van der Waals surface area contributed by atoms with Gasteiger partial charge in [-0.05, 0) is 72.1 Å². The molecule has 0 amide bonds. The lowest BCUT2D eigenvalue weighted by molar-refractivity contribution is -0.261. The summed E-state index contributed by atoms with van der Waals surface area (Å²) < 4.78 is 50.2. The summed E-state index contributed by atoms with van der Waals surface area (Å²) in [6.45, 7) is 8.50. The topological polar surface area (TPSA) is 110 Å². The van der Waals surface area contributed by atoms with Crippen LogP contribution in [0.5, 0.6) is 0 Å². The number of aliphatic carboxylic acids is 1. The highest BCUT2D eigenvalue weighted by atomic mass is 19.4. The van der Waals surface area contributed by atoms with E-state index in [4.69, 9.17) is 9.47 Å². The molecule has 1 aliphatic carbocycles. The molecular weight excluding hydrogens is 469 g/mol. The van der Waals surface area contributed by atoms with Gasteiger partial charge in [0.2, 0.25) is 0 Å². The predicted octanol–water partition coefficient (Wildman–Crippen LogP) is 5.42. The smallest absolute Gasteiger partial charge is 0.417 e. The first-order valence-electron chi connectivity index (χ1n) is 12.4. The Balaban J connectivity index is 3.06. The number of esters is 2. The van der Waals surface area contributed by atoms with E-state index in [1.165, 1.54) is 13.8 Å². The van der Waals surface area contributed by atoms with Gasteiger partial charge in [0, 0.05) is 6.42 Å². The van der Waals surface area contributed by atoms with E-state index >= 15 is 0 Å². The first-order chi connectivity index (χ1) is 15.9. The van der Waals surface area contributed by atoms with Crippen LogP contribution in [-0.2, 0) is 23.9 Å². The van der Waals surface area contributed by atoms with Crippen molar-refractivity contribution in [2.24, 2.45) is 17.3 Å². The molecule has 5 atom stereocenters. The van der Waals surface area contributed by atoms with Crippen molar-refractivity contribution in [2.75, 3.05) is 0 Å². The highest BCUT2D eigenvalue weighted by molar-refractivity contribution is 5.79. The summed E-state index contributed by atoms with van der Waals surface area (Å²) in [6.07, 6.45) is -2.96. The number of carboxylic acid groups (broad SMARTS) is 1. The fourth-order valence-electron chi connectivity index (χ4n) is 4.59. The molecule has 35 heavy (non-hydrogen) atoms. The summed E-state index contributed by atoms with van der Waals surface area (Å²) >= 11 is 0. The number of rotatable bonds is 13. The van der Waals surface area contributed by atoms with E-state index in [1.807, 2.05) is 6.92 Å². The molecule has 1 fully saturated rings. The molecule has 1 aliphatic rings. The zero-order valence-electron chi connectivity index (χ0n) is 21.7. The average Bonchev–Trinajstić information content (AvgIpc) is 3.20. The van der Waals surface area contributed by atoms with Crippen LogP contribution in [0.4, 0.5) is 13.2 Å². The number of carbonyl (C=O) groups excluding carboxylic acids is 2. The zero-order chi connectivity index (χ0) is 27.2. The largest absolute Gasteiger partial charge is 0.481 e. The van der Waals surface area contributed by atoms with Gasteiger partial charge in [0.05, 0.1) is 17.3 Å². The van der Waals surface area contributed by atoms with Crippen molar-refractivity contribution in [1.29, 1.82) is 0 Å². The summed E-state index contributed by atoms with van der Waals surface area (Å²) in [5.41, 5.74) is -4.90. The van der Waals surface area contributed by atoms with Crippen LogP contribution in [0.25, 0.3) is 0 Å². The van der Waals surface area contributed by atoms with Crippen molar-refractivity contribution < 1.29 is 47.2 Å². The van der Waals surface area contributed by atoms with Crippen LogP contribution in [0.3, 0.4) is 0 Å². The lowest BCUT2D eigenvalue weighted by Crippen LogP contribution is -2.46. The number of halogens is 3. The minimum atomic E-state index is -4.89. The number of alkyl halides is 3. The molecule has 2 N–H and O–H groups in total. The van der Waals surface area contributed by atoms with Gasteiger partial charge in [0.25, 0.3) is 0 Å². The monoisotopic (exact) mass is 510 g/mol. The van der Waals surface area contributed by atoms with E-state index in [0.717, 1.165) is 25.7 Å². The lowest BCUT2D eigenvalue weighted by Gasteiger charge is -2.35. The second kappa shape index (κ2) is 11.9. The fourth-order valence-corrected chi connectivity index (χ4v) is 4.59. The minimum Gasteiger partial charge on any atom is -0.481 e. The van der Waals surface area contributed by atoms with E-state index in [1.54, 1.807) is 13.8 Å². The summed E-state index contributed by atoms with van der Waals surface area (Å²) in [7, 11) is 0. The standard InChI is InChI=1S/C25H41F3O7/c1-7-22(5,21(32)34-17(4)14-23(6,33)25(26,27)28)15-18(13-16(3)19(29)30)20(31)35-24(8-2)11-9-10-12-24/h16-18,33H,7-15H2,1-6H3,(H,29,30). The summed E-state index contributed by atoms with van der Waals surface area (Å²) in [5, 5.41) is 19.1. The predicted molar refractivity (Wildman–Crippen MR) is 122 cm³/mol. The van der Waals surface area contributed by atoms with Gasteiger partial charge in [-0.3, -0.25) is 14.4 Å². The lowest BCUT2D eigenvalue weighted by atomic mass is 9.76. The summed E-state index contributed by atoms with van der Waals surface area (Å²) in [4.78, 5) is 37.8. The van der Waals surface area contributed by atoms with Crippen molar-refractivity contribution in [3.05, 3.63) is 0 Å². The molecule has 0 heterocycles. The van der Waals surface area contributed by atoms with E-state index < -0.39 is 65.1 Å². The molecule has 0 saturated heterocycles. The Morgan fingerprint density at radius 3 is 2.00 bits per heavy atom. The maximum atomic E-state index is 13.2. The Labute approximate surface area is 205 Å². The number of aliphatic hydroxyl groups is 1. The molecule has 0 aliphatic heterocycles. The van der Waals surface area contributed by atoms with Crippen molar-refractivity contribution in [1.82, 2.24) is 0 Å². The Hall–Kier alpha value is -1.84. The van der Waals surface area contributed by atoms with Crippen LogP contribution in [0.15, 0.2) is 0 Å². The van der Waals surface area contributed by atoms with Crippen LogP contribution < -0.4 is 0 Å². The third-order valence-electron chi connectivity index (χ3n) is 7.44. The summed E-state index contributed by atoms with van der Waals surface area (Å²) in [5.74, 6) is -4.24. The molecule has 0 spiro atoms. The SMILES string of the molecule is CCC1(OC(=O)C(CC(C)C(=O)O)CC(C)(CC)C(=O)OC(C)CC(C)(O)C(F)(F)F)CCCC1. The second-order valence-electron chi connectivity index (χ2n) is 10.6. The average molecular weight is 511 g/mol. The van der Waals surface area contributed by atoms with Gasteiger partial charge in [-0.1, -0.05) is 20.8 Å². The van der Waals surface area contributed by atoms with Crippen LogP contribution in [0.2, 0.25) is 0 Å². The third-order valence-corrected chi connectivity index (χ3v) is 7.44. The molecule has 1 rings (SSSR count). The molecule has 0 aromatic heterocycles. The minimum absolute atomic E-state index is 0.0465. The van der Waals surface area contributed by atoms with Gasteiger partial charge in [0.1, 0.15) is 11.7 Å². The van der Waals surface area contributed by atoms with Gasteiger partial charge >= 0.3 is 24.1 Å². The number of ether oxygens (including phenoxy) is 2. The maximum Gasteiger partial charge on any atom is 0.417 e. The van der Waals surface area contributed by atoms with Crippen molar-refractivity contribution >= 4 is 17.9 Å². The van der Waals surface area contributed by atoms with E-state index in [2.05, 4.69) is 0 Å². The van der Waals surface area contributed by atoms with Gasteiger partial charge in [-0.15, -0.1) is 0 Å². The van der Waals surface area contributed by atoms with Gasteiger partial charge in [0.15, 0.2) is 5.60 Å². The molecule has 0 bridgehead atoms. The van der Waals surface area contributed by atoms with E-state index in [-0.39, 0.29) is 19.3 Å². The molecule has 0 radical (unpaired) electrons. The van der Waals surface area contributed by atoms with E-state index in [0.29, 0.717) is 13.3 Å². The van der Waals surface area contributed by atoms with Crippen molar-refractivity contribution in [3.8, 4) is 0 Å². The van der Waals surface area contributed by atoms with Gasteiger partial charge in [-0.25, -0.2) is 0 Å². The van der Waals surface area contributed by atoms with Crippen LogP contribution in [0.1, 0.15) is 99.3 Å². The number of hydrogen-bond donors (Lipinski definition) is 2. The highest BCUT2D eigenvalue weighted by Crippen LogP contribution is 2.40. The molecule has 7 nitrogen and oxygen atoms in total. The highest BCUT2D eigenvalue weighted by Gasteiger charge is 2.51.